The molecule has 1 atom stereocenters. The molecule has 0 amide bonds. The molecule has 1 unspecified atom stereocenters. The van der Waals surface area contributed by atoms with Crippen molar-refractivity contribution >= 4 is 17.6 Å². The molecule has 17 heavy (non-hydrogen) atoms. The van der Waals surface area contributed by atoms with Crippen molar-refractivity contribution in [3.8, 4) is 0 Å². The predicted octanol–water partition coefficient (Wildman–Crippen LogP) is 2.09. The summed E-state index contributed by atoms with van der Waals surface area (Å²) in [5.41, 5.74) is 6.06. The molecule has 0 aromatic carbocycles. The molecule has 1 aromatic rings. The summed E-state index contributed by atoms with van der Waals surface area (Å²) < 4.78 is 0. The fraction of sp³-hybridized carbons (Fsp3) is 0.667. The van der Waals surface area contributed by atoms with Gasteiger partial charge >= 0.3 is 0 Å². The summed E-state index contributed by atoms with van der Waals surface area (Å²) >= 11 is 0. The van der Waals surface area contributed by atoms with Crippen LogP contribution in [-0.4, -0.2) is 22.6 Å². The molecule has 0 aliphatic heterocycles. The highest BCUT2D eigenvalue weighted by atomic mass is 15.1. The Morgan fingerprint density at radius 3 is 2.65 bits per heavy atom. The van der Waals surface area contributed by atoms with Crippen molar-refractivity contribution in [2.75, 3.05) is 22.9 Å². The fourth-order valence-electron chi connectivity index (χ4n) is 1.78. The lowest BCUT2D eigenvalue weighted by Gasteiger charge is -2.10. The molecule has 94 valence electrons. The van der Waals surface area contributed by atoms with E-state index in [4.69, 9.17) is 5.73 Å². The van der Waals surface area contributed by atoms with Crippen LogP contribution in [0.15, 0.2) is 6.07 Å². The van der Waals surface area contributed by atoms with Crippen LogP contribution in [-0.2, 0) is 0 Å². The van der Waals surface area contributed by atoms with Crippen molar-refractivity contribution in [3.05, 3.63) is 6.07 Å². The molecule has 0 bridgehead atoms. The predicted molar refractivity (Wildman–Crippen MR) is 71.0 cm³/mol. The van der Waals surface area contributed by atoms with Crippen LogP contribution in [0.2, 0.25) is 0 Å². The first-order chi connectivity index (χ1) is 8.01. The molecule has 0 saturated heterocycles. The van der Waals surface area contributed by atoms with Gasteiger partial charge in [-0.25, -0.2) is 0 Å². The zero-order valence-electron chi connectivity index (χ0n) is 10.7. The molecule has 1 fully saturated rings. The summed E-state index contributed by atoms with van der Waals surface area (Å²) in [6, 6.07) is 2.41. The first-order valence-corrected chi connectivity index (χ1v) is 6.16. The van der Waals surface area contributed by atoms with Crippen molar-refractivity contribution in [1.29, 1.82) is 0 Å². The molecular weight excluding hydrogens is 214 g/mol. The average molecular weight is 235 g/mol. The van der Waals surface area contributed by atoms with Gasteiger partial charge in [0.15, 0.2) is 0 Å². The second-order valence-electron chi connectivity index (χ2n) is 5.31. The van der Waals surface area contributed by atoms with Crippen LogP contribution < -0.4 is 16.4 Å². The van der Waals surface area contributed by atoms with Crippen LogP contribution in [0.1, 0.15) is 33.6 Å². The lowest BCUT2D eigenvalue weighted by atomic mass is 10.2. The van der Waals surface area contributed by atoms with E-state index in [1.807, 2.05) is 6.07 Å². The first-order valence-electron chi connectivity index (χ1n) is 6.16. The van der Waals surface area contributed by atoms with Gasteiger partial charge in [0.25, 0.3) is 0 Å². The maximum Gasteiger partial charge on any atom is 0.223 e. The molecule has 1 aromatic heterocycles. The average Bonchev–Trinajstić information content (AvgIpc) is 2.82. The molecule has 5 heteroatoms. The minimum atomic E-state index is 0.312. The third kappa shape index (κ3) is 2.99. The number of nitrogens with one attached hydrogen (secondary N) is 2. The van der Waals surface area contributed by atoms with E-state index in [0.717, 1.165) is 24.6 Å². The normalized spacial score (nSPS) is 21.0. The van der Waals surface area contributed by atoms with Crippen LogP contribution in [0, 0.1) is 5.41 Å². The number of anilines is 3. The third-order valence-corrected chi connectivity index (χ3v) is 3.14. The van der Waals surface area contributed by atoms with E-state index in [9.17, 15) is 0 Å². The van der Waals surface area contributed by atoms with Gasteiger partial charge in [0.1, 0.15) is 11.6 Å². The Bertz CT molecular complexity index is 402. The number of hydrogen-bond acceptors (Lipinski definition) is 5. The number of nitrogens with two attached hydrogens (primary N) is 1. The number of nitrogens with zero attached hydrogens (tertiary/aromatic N) is 2. The van der Waals surface area contributed by atoms with Crippen molar-refractivity contribution in [1.82, 2.24) is 9.97 Å². The van der Waals surface area contributed by atoms with Gasteiger partial charge < -0.3 is 16.4 Å². The lowest BCUT2D eigenvalue weighted by Crippen LogP contribution is -2.12. The Morgan fingerprint density at radius 2 is 2.06 bits per heavy atom. The Kier molecular flexibility index (Phi) is 3.09. The van der Waals surface area contributed by atoms with Crippen LogP contribution in [0.3, 0.4) is 0 Å². The summed E-state index contributed by atoms with van der Waals surface area (Å²) in [7, 11) is 0. The molecule has 5 nitrogen and oxygen atoms in total. The minimum absolute atomic E-state index is 0.312. The van der Waals surface area contributed by atoms with Crippen molar-refractivity contribution in [3.63, 3.8) is 0 Å². The molecule has 2 rings (SSSR count). The van der Waals surface area contributed by atoms with Gasteiger partial charge in [0.2, 0.25) is 5.95 Å². The smallest absolute Gasteiger partial charge is 0.223 e. The summed E-state index contributed by atoms with van der Waals surface area (Å²) in [6.45, 7) is 7.49. The van der Waals surface area contributed by atoms with Crippen LogP contribution in [0.5, 0.6) is 0 Å². The van der Waals surface area contributed by atoms with Gasteiger partial charge in [-0.1, -0.05) is 20.8 Å². The maximum atomic E-state index is 5.69. The Hall–Kier alpha value is -1.52. The topological polar surface area (TPSA) is 75.9 Å². The van der Waals surface area contributed by atoms with Gasteiger partial charge in [-0.15, -0.1) is 0 Å². The van der Waals surface area contributed by atoms with E-state index >= 15 is 0 Å². The van der Waals surface area contributed by atoms with Gasteiger partial charge in [-0.3, -0.25) is 0 Å². The van der Waals surface area contributed by atoms with Crippen LogP contribution in [0.25, 0.3) is 0 Å². The highest BCUT2D eigenvalue weighted by molar-refractivity contribution is 5.52. The zero-order valence-corrected chi connectivity index (χ0v) is 10.7. The van der Waals surface area contributed by atoms with Crippen LogP contribution >= 0.6 is 0 Å². The summed E-state index contributed by atoms with van der Waals surface area (Å²) in [6.07, 6.45) is 2.23. The second kappa shape index (κ2) is 4.39. The fourth-order valence-corrected chi connectivity index (χ4v) is 1.78. The monoisotopic (exact) mass is 235 g/mol. The largest absolute Gasteiger partial charge is 0.370 e. The Labute approximate surface area is 102 Å². The number of nitrogen functional groups attached to an aromatic ring is 1. The van der Waals surface area contributed by atoms with Gasteiger partial charge in [0, 0.05) is 18.7 Å². The van der Waals surface area contributed by atoms with E-state index < -0.39 is 0 Å². The summed E-state index contributed by atoms with van der Waals surface area (Å²) in [5.74, 6) is 1.92. The van der Waals surface area contributed by atoms with Crippen molar-refractivity contribution in [2.45, 2.75) is 39.7 Å². The zero-order chi connectivity index (χ0) is 12.5. The highest BCUT2D eigenvalue weighted by Gasteiger charge is 2.45. The maximum absolute atomic E-state index is 5.69. The van der Waals surface area contributed by atoms with E-state index in [2.05, 4.69) is 41.4 Å². The number of aromatic nitrogens is 2. The third-order valence-electron chi connectivity index (χ3n) is 3.14. The second-order valence-corrected chi connectivity index (χ2v) is 5.31. The van der Waals surface area contributed by atoms with Crippen molar-refractivity contribution < 1.29 is 0 Å². The van der Waals surface area contributed by atoms with Gasteiger partial charge in [-0.05, 0) is 18.3 Å². The van der Waals surface area contributed by atoms with E-state index in [-0.39, 0.29) is 0 Å². The number of rotatable bonds is 5. The van der Waals surface area contributed by atoms with Gasteiger partial charge in [-0.2, -0.15) is 9.97 Å². The van der Waals surface area contributed by atoms with Crippen LogP contribution in [0.4, 0.5) is 17.6 Å². The molecule has 0 radical (unpaired) electrons. The molecule has 4 N–H and O–H groups in total. The molecule has 1 aliphatic carbocycles. The summed E-state index contributed by atoms with van der Waals surface area (Å²) in [5, 5.41) is 6.61. The SMILES string of the molecule is CCCNc1cc(NC2CC2(C)C)nc(N)n1. The van der Waals surface area contributed by atoms with E-state index in [1.54, 1.807) is 0 Å². The molecule has 1 saturated carbocycles. The summed E-state index contributed by atoms with van der Waals surface area (Å²) in [4.78, 5) is 8.35. The Morgan fingerprint density at radius 1 is 1.41 bits per heavy atom. The molecule has 1 heterocycles. The standard InChI is InChI=1S/C12H21N5/c1-4-5-14-9-6-10(17-11(13)16-9)15-8-7-12(8,2)3/h6,8H,4-5,7H2,1-3H3,(H4,13,14,15,16,17). The lowest BCUT2D eigenvalue weighted by molar-refractivity contribution is 0.630. The molecular formula is C12H21N5. The van der Waals surface area contributed by atoms with E-state index in [1.165, 1.54) is 6.42 Å². The minimum Gasteiger partial charge on any atom is -0.370 e. The highest BCUT2D eigenvalue weighted by Crippen LogP contribution is 2.46. The quantitative estimate of drug-likeness (QED) is 0.728. The first kappa shape index (κ1) is 12.0. The van der Waals surface area contributed by atoms with Gasteiger partial charge in [0.05, 0.1) is 0 Å². The van der Waals surface area contributed by atoms with E-state index in [0.29, 0.717) is 17.4 Å². The number of hydrogen-bond donors (Lipinski definition) is 3. The van der Waals surface area contributed by atoms with Crippen molar-refractivity contribution in [2.24, 2.45) is 5.41 Å². The Balaban J connectivity index is 2.04. The molecule has 1 aliphatic rings. The molecule has 0 spiro atoms.